The predicted octanol–water partition coefficient (Wildman–Crippen LogP) is 4.48. The number of thiazole rings is 1. The first-order valence-corrected chi connectivity index (χ1v) is 9.01. The van der Waals surface area contributed by atoms with E-state index in [0.29, 0.717) is 17.1 Å². The third kappa shape index (κ3) is 3.32. The third-order valence-electron chi connectivity index (χ3n) is 3.47. The molecule has 0 fully saturated rings. The molecule has 124 valence electrons. The van der Waals surface area contributed by atoms with Crippen LogP contribution in [0.15, 0.2) is 30.3 Å². The van der Waals surface area contributed by atoms with Crippen LogP contribution in [0.1, 0.15) is 15.4 Å². The maximum absolute atomic E-state index is 12.6. The Labute approximate surface area is 157 Å². The quantitative estimate of drug-likeness (QED) is 0.591. The first-order valence-electron chi connectivity index (χ1n) is 7.12. The van der Waals surface area contributed by atoms with Gasteiger partial charge >= 0.3 is 0 Å². The van der Waals surface area contributed by atoms with E-state index in [0.717, 1.165) is 24.5 Å². The van der Waals surface area contributed by atoms with E-state index in [2.05, 4.69) is 32.9 Å². The molecule has 24 heavy (non-hydrogen) atoms. The predicted molar refractivity (Wildman–Crippen MR) is 105 cm³/mol. The maximum atomic E-state index is 12.6. The Morgan fingerprint density at radius 3 is 2.58 bits per heavy atom. The van der Waals surface area contributed by atoms with Gasteiger partial charge in [0.25, 0.3) is 5.91 Å². The lowest BCUT2D eigenvalue weighted by molar-refractivity contribution is 0.102. The van der Waals surface area contributed by atoms with Crippen LogP contribution in [-0.2, 0) is 0 Å². The standard InChI is InChI=1S/C17H15IN2O3S/c1-9-19-13-5-4-10(6-16(13)24-9)20-17(21)11-7-14(22-2)15(23-3)8-12(11)18/h4-8H,1-3H3,(H,20,21). The van der Waals surface area contributed by atoms with Gasteiger partial charge in [0, 0.05) is 9.26 Å². The molecule has 1 heterocycles. The molecule has 0 aliphatic rings. The third-order valence-corrected chi connectivity index (χ3v) is 5.30. The molecule has 0 aliphatic carbocycles. The van der Waals surface area contributed by atoms with E-state index in [9.17, 15) is 4.79 Å². The molecule has 3 aromatic rings. The zero-order valence-electron chi connectivity index (χ0n) is 13.3. The molecule has 3 rings (SSSR count). The van der Waals surface area contributed by atoms with Crippen molar-refractivity contribution < 1.29 is 14.3 Å². The van der Waals surface area contributed by atoms with Crippen LogP contribution in [0.3, 0.4) is 0 Å². The van der Waals surface area contributed by atoms with Crippen LogP contribution < -0.4 is 14.8 Å². The summed E-state index contributed by atoms with van der Waals surface area (Å²) in [5.74, 6) is 0.928. The molecule has 0 radical (unpaired) electrons. The molecule has 0 atom stereocenters. The summed E-state index contributed by atoms with van der Waals surface area (Å²) < 4.78 is 12.4. The number of halogens is 1. The van der Waals surface area contributed by atoms with Gasteiger partial charge in [0.05, 0.1) is 35.0 Å². The molecule has 0 unspecified atom stereocenters. The molecule has 1 amide bonds. The molecule has 0 aliphatic heterocycles. The zero-order valence-corrected chi connectivity index (χ0v) is 16.3. The summed E-state index contributed by atoms with van der Waals surface area (Å²) in [6, 6.07) is 9.17. The Morgan fingerprint density at radius 1 is 1.17 bits per heavy atom. The SMILES string of the molecule is COc1cc(I)c(C(=O)Nc2ccc3nc(C)sc3c2)cc1OC. The second-order valence-corrected chi connectivity index (χ2v) is 7.45. The highest BCUT2D eigenvalue weighted by Crippen LogP contribution is 2.32. The summed E-state index contributed by atoms with van der Waals surface area (Å²) in [7, 11) is 3.12. The molecular weight excluding hydrogens is 439 g/mol. The number of fused-ring (bicyclic) bond motifs is 1. The van der Waals surface area contributed by atoms with Gasteiger partial charge in [-0.05, 0) is 59.8 Å². The van der Waals surface area contributed by atoms with Crippen molar-refractivity contribution in [2.45, 2.75) is 6.92 Å². The van der Waals surface area contributed by atoms with E-state index in [1.165, 1.54) is 0 Å². The van der Waals surface area contributed by atoms with Crippen molar-refractivity contribution in [1.82, 2.24) is 4.98 Å². The second-order valence-electron chi connectivity index (χ2n) is 5.06. The van der Waals surface area contributed by atoms with Crippen molar-refractivity contribution in [2.75, 3.05) is 19.5 Å². The maximum Gasteiger partial charge on any atom is 0.256 e. The zero-order chi connectivity index (χ0) is 17.3. The minimum Gasteiger partial charge on any atom is -0.493 e. The number of nitrogens with zero attached hydrogens (tertiary/aromatic N) is 1. The highest BCUT2D eigenvalue weighted by molar-refractivity contribution is 14.1. The van der Waals surface area contributed by atoms with Gasteiger partial charge < -0.3 is 14.8 Å². The van der Waals surface area contributed by atoms with Gasteiger partial charge in [-0.2, -0.15) is 0 Å². The highest BCUT2D eigenvalue weighted by Gasteiger charge is 2.16. The fourth-order valence-corrected chi connectivity index (χ4v) is 3.89. The number of ether oxygens (including phenoxy) is 2. The Bertz CT molecular complexity index is 924. The number of methoxy groups -OCH3 is 2. The average Bonchev–Trinajstić information content (AvgIpc) is 2.93. The first-order chi connectivity index (χ1) is 11.5. The van der Waals surface area contributed by atoms with Crippen LogP contribution in [0, 0.1) is 10.5 Å². The van der Waals surface area contributed by atoms with E-state index in [1.807, 2.05) is 25.1 Å². The molecule has 2 aromatic carbocycles. The van der Waals surface area contributed by atoms with Gasteiger partial charge in [0.2, 0.25) is 0 Å². The Morgan fingerprint density at radius 2 is 1.88 bits per heavy atom. The molecule has 0 saturated carbocycles. The highest BCUT2D eigenvalue weighted by atomic mass is 127. The van der Waals surface area contributed by atoms with Gasteiger partial charge in [-0.15, -0.1) is 11.3 Å². The fraction of sp³-hybridized carbons (Fsp3) is 0.176. The number of carbonyl (C=O) groups is 1. The van der Waals surface area contributed by atoms with Crippen LogP contribution in [0.5, 0.6) is 11.5 Å². The summed E-state index contributed by atoms with van der Waals surface area (Å²) in [6.45, 7) is 1.97. The molecule has 0 saturated heterocycles. The molecule has 1 N–H and O–H groups in total. The van der Waals surface area contributed by atoms with Crippen molar-refractivity contribution in [3.05, 3.63) is 44.5 Å². The van der Waals surface area contributed by atoms with Crippen LogP contribution in [0.4, 0.5) is 5.69 Å². The average molecular weight is 454 g/mol. The number of aryl methyl sites for hydroxylation is 1. The van der Waals surface area contributed by atoms with Gasteiger partial charge in [-0.1, -0.05) is 0 Å². The summed E-state index contributed by atoms with van der Waals surface area (Å²) in [5.41, 5.74) is 2.21. The number of rotatable bonds is 4. The van der Waals surface area contributed by atoms with Crippen LogP contribution in [0.2, 0.25) is 0 Å². The lowest BCUT2D eigenvalue weighted by atomic mass is 10.1. The lowest BCUT2D eigenvalue weighted by Gasteiger charge is -2.12. The van der Waals surface area contributed by atoms with Gasteiger partial charge in [-0.25, -0.2) is 4.98 Å². The monoisotopic (exact) mass is 454 g/mol. The minimum atomic E-state index is -0.194. The molecule has 5 nitrogen and oxygen atoms in total. The van der Waals surface area contributed by atoms with Gasteiger partial charge in [-0.3, -0.25) is 4.79 Å². The molecular formula is C17H15IN2O3S. The lowest BCUT2D eigenvalue weighted by Crippen LogP contribution is -2.13. The second kappa shape index (κ2) is 6.94. The van der Waals surface area contributed by atoms with Crippen LogP contribution >= 0.6 is 33.9 Å². The number of nitrogens with one attached hydrogen (secondary N) is 1. The number of aromatic nitrogens is 1. The Hall–Kier alpha value is -1.87. The van der Waals surface area contributed by atoms with Crippen LogP contribution in [0.25, 0.3) is 10.2 Å². The first kappa shape index (κ1) is 17.0. The van der Waals surface area contributed by atoms with Crippen molar-refractivity contribution in [3.63, 3.8) is 0 Å². The fourth-order valence-electron chi connectivity index (χ4n) is 2.34. The number of anilines is 1. The van der Waals surface area contributed by atoms with Crippen molar-refractivity contribution in [1.29, 1.82) is 0 Å². The summed E-state index contributed by atoms with van der Waals surface area (Å²) in [4.78, 5) is 17.0. The number of carbonyl (C=O) groups excluding carboxylic acids is 1. The van der Waals surface area contributed by atoms with E-state index in [4.69, 9.17) is 9.47 Å². The van der Waals surface area contributed by atoms with Crippen molar-refractivity contribution >= 4 is 55.7 Å². The number of hydrogen-bond acceptors (Lipinski definition) is 5. The Balaban J connectivity index is 1.90. The number of benzene rings is 2. The summed E-state index contributed by atoms with van der Waals surface area (Å²) >= 11 is 3.72. The minimum absolute atomic E-state index is 0.194. The normalized spacial score (nSPS) is 10.7. The van der Waals surface area contributed by atoms with E-state index >= 15 is 0 Å². The number of hydrogen-bond donors (Lipinski definition) is 1. The van der Waals surface area contributed by atoms with E-state index in [-0.39, 0.29) is 5.91 Å². The smallest absolute Gasteiger partial charge is 0.256 e. The van der Waals surface area contributed by atoms with Crippen molar-refractivity contribution in [3.8, 4) is 11.5 Å². The Kier molecular flexibility index (Phi) is 4.91. The van der Waals surface area contributed by atoms with E-state index < -0.39 is 0 Å². The van der Waals surface area contributed by atoms with Crippen molar-refractivity contribution in [2.24, 2.45) is 0 Å². The molecule has 7 heteroatoms. The molecule has 0 bridgehead atoms. The number of amides is 1. The van der Waals surface area contributed by atoms with E-state index in [1.54, 1.807) is 37.7 Å². The molecule has 0 spiro atoms. The summed E-state index contributed by atoms with van der Waals surface area (Å²) in [5, 5.41) is 3.93. The van der Waals surface area contributed by atoms with Gasteiger partial charge in [0.1, 0.15) is 0 Å². The van der Waals surface area contributed by atoms with Gasteiger partial charge in [0.15, 0.2) is 11.5 Å². The van der Waals surface area contributed by atoms with Crippen LogP contribution in [-0.4, -0.2) is 25.1 Å². The summed E-state index contributed by atoms with van der Waals surface area (Å²) in [6.07, 6.45) is 0. The largest absolute Gasteiger partial charge is 0.493 e. The molecule has 1 aromatic heterocycles. The topological polar surface area (TPSA) is 60.5 Å².